The SMILES string of the molecule is Cc1cc(Cl)ccc1N(CC(=O)N/N=C\c1ccc(OCC(=O)Nc2ccccc2Cl)cc1)S(=O)(=O)c1ccccc1. The van der Waals surface area contributed by atoms with Crippen LogP contribution in [0.3, 0.4) is 0 Å². The topological polar surface area (TPSA) is 117 Å². The van der Waals surface area contributed by atoms with E-state index < -0.39 is 22.5 Å². The molecule has 0 aliphatic carbocycles. The zero-order valence-corrected chi connectivity index (χ0v) is 24.7. The van der Waals surface area contributed by atoms with Crippen molar-refractivity contribution in [2.24, 2.45) is 5.10 Å². The summed E-state index contributed by atoms with van der Waals surface area (Å²) in [6, 6.07) is 26.1. The predicted molar refractivity (Wildman–Crippen MR) is 165 cm³/mol. The van der Waals surface area contributed by atoms with Gasteiger partial charge in [-0.05, 0) is 84.8 Å². The van der Waals surface area contributed by atoms with E-state index in [1.807, 2.05) is 0 Å². The van der Waals surface area contributed by atoms with Crippen molar-refractivity contribution in [3.8, 4) is 5.75 Å². The molecular weight excluding hydrogens is 599 g/mol. The standard InChI is InChI=1S/C30H26Cl2N4O5S/c1-21-17-23(31)13-16-28(21)36(42(39,40)25-7-3-2-4-8-25)19-29(37)35-33-18-22-11-14-24(15-12-22)41-20-30(38)34-27-10-6-5-9-26(27)32/h2-18H,19-20H2,1H3,(H,34,38)(H,35,37)/b33-18-. The van der Waals surface area contributed by atoms with Crippen LogP contribution in [-0.2, 0) is 19.6 Å². The molecule has 0 fully saturated rings. The second kappa shape index (κ2) is 14.0. The number of rotatable bonds is 11. The molecule has 12 heteroatoms. The summed E-state index contributed by atoms with van der Waals surface area (Å²) in [6.45, 7) is 0.980. The number of anilines is 2. The molecule has 4 aromatic carbocycles. The molecule has 0 atom stereocenters. The third-order valence-corrected chi connectivity index (χ3v) is 8.19. The van der Waals surface area contributed by atoms with Gasteiger partial charge in [-0.25, -0.2) is 13.8 Å². The molecule has 0 unspecified atom stereocenters. The highest BCUT2D eigenvalue weighted by atomic mass is 35.5. The number of benzene rings is 4. The summed E-state index contributed by atoms with van der Waals surface area (Å²) in [6.07, 6.45) is 1.40. The average molecular weight is 626 g/mol. The Balaban J connectivity index is 1.36. The molecule has 0 saturated carbocycles. The molecular formula is C30H26Cl2N4O5S. The van der Waals surface area contributed by atoms with Gasteiger partial charge in [0, 0.05) is 5.02 Å². The maximum atomic E-state index is 13.5. The number of carbonyl (C=O) groups excluding carboxylic acids is 2. The van der Waals surface area contributed by atoms with Gasteiger partial charge >= 0.3 is 0 Å². The summed E-state index contributed by atoms with van der Waals surface area (Å²) in [4.78, 5) is 25.0. The van der Waals surface area contributed by atoms with Crippen molar-refractivity contribution in [2.75, 3.05) is 22.8 Å². The predicted octanol–water partition coefficient (Wildman–Crippen LogP) is 5.66. The van der Waals surface area contributed by atoms with E-state index in [2.05, 4.69) is 15.8 Å². The number of halogens is 2. The number of sulfonamides is 1. The number of nitrogens with one attached hydrogen (secondary N) is 2. The lowest BCUT2D eigenvalue weighted by atomic mass is 10.2. The normalized spacial score (nSPS) is 11.2. The van der Waals surface area contributed by atoms with Gasteiger partial charge in [0.2, 0.25) is 0 Å². The van der Waals surface area contributed by atoms with Crippen LogP contribution in [0.5, 0.6) is 5.75 Å². The van der Waals surface area contributed by atoms with Crippen molar-refractivity contribution in [1.29, 1.82) is 0 Å². The minimum Gasteiger partial charge on any atom is -0.484 e. The third kappa shape index (κ3) is 8.10. The summed E-state index contributed by atoms with van der Waals surface area (Å²) in [5.74, 6) is -0.566. The number of hydrogen-bond acceptors (Lipinski definition) is 6. The Morgan fingerprint density at radius 1 is 0.905 bits per heavy atom. The molecule has 0 radical (unpaired) electrons. The zero-order valence-electron chi connectivity index (χ0n) is 22.3. The fourth-order valence-corrected chi connectivity index (χ4v) is 5.73. The summed E-state index contributed by atoms with van der Waals surface area (Å²) >= 11 is 12.1. The number of hydrogen-bond donors (Lipinski definition) is 2. The zero-order chi connectivity index (χ0) is 30.1. The van der Waals surface area contributed by atoms with Crippen LogP contribution >= 0.6 is 23.2 Å². The van der Waals surface area contributed by atoms with Crippen molar-refractivity contribution < 1.29 is 22.7 Å². The van der Waals surface area contributed by atoms with Crippen molar-refractivity contribution in [2.45, 2.75) is 11.8 Å². The largest absolute Gasteiger partial charge is 0.484 e. The molecule has 0 aliphatic rings. The monoisotopic (exact) mass is 624 g/mol. The van der Waals surface area contributed by atoms with Crippen LogP contribution < -0.4 is 19.8 Å². The first kappa shape index (κ1) is 30.6. The first-order chi connectivity index (χ1) is 20.1. The van der Waals surface area contributed by atoms with Crippen LogP contribution in [0.25, 0.3) is 0 Å². The van der Waals surface area contributed by atoms with Crippen LogP contribution in [0.4, 0.5) is 11.4 Å². The lowest BCUT2D eigenvalue weighted by Gasteiger charge is -2.25. The number of amides is 2. The molecule has 4 rings (SSSR count). The lowest BCUT2D eigenvalue weighted by molar-refractivity contribution is -0.119. The highest BCUT2D eigenvalue weighted by Gasteiger charge is 2.28. The van der Waals surface area contributed by atoms with Gasteiger partial charge in [-0.2, -0.15) is 5.10 Å². The molecule has 2 N–H and O–H groups in total. The van der Waals surface area contributed by atoms with Crippen LogP contribution in [-0.4, -0.2) is 39.6 Å². The Kier molecular flexibility index (Phi) is 10.2. The smallest absolute Gasteiger partial charge is 0.264 e. The summed E-state index contributed by atoms with van der Waals surface area (Å²) in [5.41, 5.74) is 4.40. The minimum atomic E-state index is -4.07. The quantitative estimate of drug-likeness (QED) is 0.165. The van der Waals surface area contributed by atoms with Crippen molar-refractivity contribution in [3.05, 3.63) is 118 Å². The highest BCUT2D eigenvalue weighted by Crippen LogP contribution is 2.28. The number of carbonyl (C=O) groups is 2. The first-order valence-electron chi connectivity index (χ1n) is 12.6. The summed E-state index contributed by atoms with van der Waals surface area (Å²) < 4.78 is 33.5. The molecule has 2 amide bonds. The van der Waals surface area contributed by atoms with E-state index >= 15 is 0 Å². The van der Waals surface area contributed by atoms with Crippen LogP contribution in [0.1, 0.15) is 11.1 Å². The van der Waals surface area contributed by atoms with Gasteiger partial charge in [0.15, 0.2) is 6.61 Å². The van der Waals surface area contributed by atoms with E-state index in [9.17, 15) is 18.0 Å². The number of ether oxygens (including phenoxy) is 1. The number of aryl methyl sites for hydroxylation is 1. The number of nitrogens with zero attached hydrogens (tertiary/aromatic N) is 2. The van der Waals surface area contributed by atoms with Gasteiger partial charge in [-0.3, -0.25) is 13.9 Å². The molecule has 42 heavy (non-hydrogen) atoms. The third-order valence-electron chi connectivity index (χ3n) is 5.85. The maximum absolute atomic E-state index is 13.5. The van der Waals surface area contributed by atoms with Gasteiger partial charge < -0.3 is 10.1 Å². The Hall–Kier alpha value is -4.38. The van der Waals surface area contributed by atoms with Gasteiger partial charge in [0.25, 0.3) is 21.8 Å². The molecule has 0 heterocycles. The van der Waals surface area contributed by atoms with Gasteiger partial charge in [-0.1, -0.05) is 53.5 Å². The fourth-order valence-electron chi connectivity index (χ4n) is 3.81. The molecule has 216 valence electrons. The Labute approximate surface area is 253 Å². The molecule has 9 nitrogen and oxygen atoms in total. The van der Waals surface area contributed by atoms with Gasteiger partial charge in [0.05, 0.1) is 27.5 Å². The number of hydrazone groups is 1. The van der Waals surface area contributed by atoms with Crippen molar-refractivity contribution in [1.82, 2.24) is 5.43 Å². The molecule has 4 aromatic rings. The minimum absolute atomic E-state index is 0.0410. The van der Waals surface area contributed by atoms with E-state index in [0.29, 0.717) is 38.3 Å². The molecule has 0 spiro atoms. The highest BCUT2D eigenvalue weighted by molar-refractivity contribution is 7.92. The number of para-hydroxylation sites is 1. The van der Waals surface area contributed by atoms with Crippen molar-refractivity contribution >= 4 is 62.6 Å². The van der Waals surface area contributed by atoms with E-state index in [1.54, 1.807) is 91.9 Å². The van der Waals surface area contributed by atoms with E-state index in [0.717, 1.165) is 4.31 Å². The molecule has 0 aromatic heterocycles. The van der Waals surface area contributed by atoms with E-state index in [1.165, 1.54) is 18.3 Å². The molecule has 0 saturated heterocycles. The summed E-state index contributed by atoms with van der Waals surface area (Å²) in [7, 11) is -4.07. The van der Waals surface area contributed by atoms with Crippen LogP contribution in [0.2, 0.25) is 10.0 Å². The first-order valence-corrected chi connectivity index (χ1v) is 14.8. The average Bonchev–Trinajstić information content (AvgIpc) is 2.97. The van der Waals surface area contributed by atoms with Gasteiger partial charge in [0.1, 0.15) is 12.3 Å². The van der Waals surface area contributed by atoms with Crippen molar-refractivity contribution in [3.63, 3.8) is 0 Å². The Morgan fingerprint density at radius 3 is 2.29 bits per heavy atom. The fraction of sp³-hybridized carbons (Fsp3) is 0.100. The Bertz CT molecular complexity index is 1700. The molecule has 0 bridgehead atoms. The van der Waals surface area contributed by atoms with E-state index in [-0.39, 0.29) is 17.4 Å². The lowest BCUT2D eigenvalue weighted by Crippen LogP contribution is -2.40. The second-order valence-electron chi connectivity index (χ2n) is 8.93. The maximum Gasteiger partial charge on any atom is 0.264 e. The van der Waals surface area contributed by atoms with E-state index in [4.69, 9.17) is 27.9 Å². The summed E-state index contributed by atoms with van der Waals surface area (Å²) in [5, 5.41) is 7.49. The second-order valence-corrected chi connectivity index (χ2v) is 11.6. The van der Waals surface area contributed by atoms with Crippen LogP contribution in [0, 0.1) is 6.92 Å². The molecule has 0 aliphatic heterocycles. The van der Waals surface area contributed by atoms with Crippen LogP contribution in [0.15, 0.2) is 107 Å². The van der Waals surface area contributed by atoms with Gasteiger partial charge in [-0.15, -0.1) is 0 Å². The Morgan fingerprint density at radius 2 is 1.60 bits per heavy atom.